The topological polar surface area (TPSA) is 79.3 Å². The van der Waals surface area contributed by atoms with E-state index in [0.717, 1.165) is 17.8 Å². The minimum absolute atomic E-state index is 0.160. The Morgan fingerprint density at radius 1 is 1.41 bits per heavy atom. The molecule has 0 saturated heterocycles. The number of hydrogen-bond donors (Lipinski definition) is 2. The Morgan fingerprint density at radius 2 is 2.18 bits per heavy atom. The number of nitrogens with one attached hydrogen (secondary N) is 1. The summed E-state index contributed by atoms with van der Waals surface area (Å²) in [6, 6.07) is 0. The first kappa shape index (κ1) is 13.6. The maximum Gasteiger partial charge on any atom is 0.303 e. The number of nitrogens with zero attached hydrogens (tertiary/aromatic N) is 1. The Bertz CT molecular complexity index is 390. The molecule has 0 unspecified atom stereocenters. The second-order valence-electron chi connectivity index (χ2n) is 3.71. The highest BCUT2D eigenvalue weighted by molar-refractivity contribution is 7.09. The maximum atomic E-state index is 11.5. The summed E-state index contributed by atoms with van der Waals surface area (Å²) in [5.41, 5.74) is 0.457. The Balaban J connectivity index is 2.11. The van der Waals surface area contributed by atoms with E-state index >= 15 is 0 Å². The normalized spacial score (nSPS) is 10.2. The number of carbonyl (C=O) groups excluding carboxylic acids is 1. The number of carboxylic acids is 1. The van der Waals surface area contributed by atoms with Crippen LogP contribution < -0.4 is 5.32 Å². The van der Waals surface area contributed by atoms with E-state index in [9.17, 15) is 9.59 Å². The van der Waals surface area contributed by atoms with Gasteiger partial charge in [-0.3, -0.25) is 9.59 Å². The third-order valence-corrected chi connectivity index (χ3v) is 2.98. The predicted molar refractivity (Wildman–Crippen MR) is 65.3 cm³/mol. The summed E-state index contributed by atoms with van der Waals surface area (Å²) in [6.45, 7) is 2.42. The zero-order valence-corrected chi connectivity index (χ0v) is 10.5. The molecule has 0 atom stereocenters. The molecular formula is C11H16N2O3S. The molecule has 0 fully saturated rings. The van der Waals surface area contributed by atoms with E-state index in [4.69, 9.17) is 5.11 Å². The number of rotatable bonds is 7. The maximum absolute atomic E-state index is 11.5. The largest absolute Gasteiger partial charge is 0.481 e. The van der Waals surface area contributed by atoms with Crippen LogP contribution in [0.25, 0.3) is 0 Å². The van der Waals surface area contributed by atoms with Crippen molar-refractivity contribution < 1.29 is 14.7 Å². The fourth-order valence-electron chi connectivity index (χ4n) is 1.34. The zero-order valence-electron chi connectivity index (χ0n) is 9.73. The minimum Gasteiger partial charge on any atom is -0.481 e. The SMILES string of the molecule is Cc1nc(C(=O)NCCCCCC(=O)O)cs1. The Hall–Kier alpha value is -1.43. The van der Waals surface area contributed by atoms with Crippen molar-refractivity contribution in [2.45, 2.75) is 32.6 Å². The first-order valence-electron chi connectivity index (χ1n) is 5.51. The lowest BCUT2D eigenvalue weighted by Crippen LogP contribution is -2.24. The van der Waals surface area contributed by atoms with Crippen molar-refractivity contribution in [1.29, 1.82) is 0 Å². The van der Waals surface area contributed by atoms with Crippen LogP contribution in [0.2, 0.25) is 0 Å². The standard InChI is InChI=1S/C11H16N2O3S/c1-8-13-9(7-17-8)11(16)12-6-4-2-3-5-10(14)15/h7H,2-6H2,1H3,(H,12,16)(H,14,15). The first-order chi connectivity index (χ1) is 8.09. The third kappa shape index (κ3) is 5.44. The second kappa shape index (κ2) is 7.01. The molecule has 0 aromatic carbocycles. The molecule has 0 spiro atoms. The van der Waals surface area contributed by atoms with Crippen LogP contribution in [-0.4, -0.2) is 28.5 Å². The van der Waals surface area contributed by atoms with Crippen LogP contribution in [0.4, 0.5) is 0 Å². The van der Waals surface area contributed by atoms with Gasteiger partial charge in [0.15, 0.2) is 0 Å². The molecule has 1 heterocycles. The molecule has 5 nitrogen and oxygen atoms in total. The summed E-state index contributed by atoms with van der Waals surface area (Å²) in [4.78, 5) is 25.9. The Morgan fingerprint density at radius 3 is 2.76 bits per heavy atom. The highest BCUT2D eigenvalue weighted by atomic mass is 32.1. The van der Waals surface area contributed by atoms with Crippen molar-refractivity contribution in [3.8, 4) is 0 Å². The molecule has 6 heteroatoms. The van der Waals surface area contributed by atoms with Gasteiger partial charge in [0.05, 0.1) is 5.01 Å². The summed E-state index contributed by atoms with van der Waals surface area (Å²) in [6.07, 6.45) is 2.45. The second-order valence-corrected chi connectivity index (χ2v) is 4.77. The van der Waals surface area contributed by atoms with Crippen LogP contribution in [0.3, 0.4) is 0 Å². The molecule has 0 aliphatic rings. The lowest BCUT2D eigenvalue weighted by atomic mass is 10.2. The highest BCUT2D eigenvalue weighted by Gasteiger charge is 2.07. The van der Waals surface area contributed by atoms with Crippen molar-refractivity contribution in [1.82, 2.24) is 10.3 Å². The number of unbranched alkanes of at least 4 members (excludes halogenated alkanes) is 2. The Labute approximate surface area is 104 Å². The van der Waals surface area contributed by atoms with Gasteiger partial charge in [-0.05, 0) is 19.8 Å². The van der Waals surface area contributed by atoms with E-state index in [2.05, 4.69) is 10.3 Å². The highest BCUT2D eigenvalue weighted by Crippen LogP contribution is 2.07. The van der Waals surface area contributed by atoms with Crippen molar-refractivity contribution in [3.63, 3.8) is 0 Å². The number of aliphatic carboxylic acids is 1. The van der Waals surface area contributed by atoms with Gasteiger partial charge in [-0.2, -0.15) is 0 Å². The molecule has 0 saturated carbocycles. The molecule has 1 amide bonds. The monoisotopic (exact) mass is 256 g/mol. The zero-order chi connectivity index (χ0) is 12.7. The van der Waals surface area contributed by atoms with Gasteiger partial charge in [0.1, 0.15) is 5.69 Å². The van der Waals surface area contributed by atoms with E-state index < -0.39 is 5.97 Å². The molecule has 1 aromatic heterocycles. The van der Waals surface area contributed by atoms with E-state index in [0.29, 0.717) is 18.7 Å². The van der Waals surface area contributed by atoms with E-state index in [1.165, 1.54) is 11.3 Å². The van der Waals surface area contributed by atoms with Crippen LogP contribution in [-0.2, 0) is 4.79 Å². The number of carboxylic acid groups (broad SMARTS) is 1. The molecule has 2 N–H and O–H groups in total. The average Bonchev–Trinajstić information content (AvgIpc) is 2.69. The van der Waals surface area contributed by atoms with Crippen molar-refractivity contribution in [3.05, 3.63) is 16.1 Å². The third-order valence-electron chi connectivity index (χ3n) is 2.20. The molecule has 0 aliphatic heterocycles. The number of carbonyl (C=O) groups is 2. The predicted octanol–water partition coefficient (Wildman–Crippen LogP) is 1.83. The van der Waals surface area contributed by atoms with Crippen molar-refractivity contribution in [2.24, 2.45) is 0 Å². The summed E-state index contributed by atoms with van der Waals surface area (Å²) in [5.74, 6) is -0.931. The minimum atomic E-state index is -0.771. The van der Waals surface area contributed by atoms with Crippen LogP contribution in [0, 0.1) is 6.92 Å². The summed E-state index contributed by atoms with van der Waals surface area (Å²) >= 11 is 1.45. The van der Waals surface area contributed by atoms with Crippen LogP contribution in [0.1, 0.15) is 41.2 Å². The van der Waals surface area contributed by atoms with Crippen molar-refractivity contribution >= 4 is 23.2 Å². The van der Waals surface area contributed by atoms with Gasteiger partial charge < -0.3 is 10.4 Å². The van der Waals surface area contributed by atoms with Crippen LogP contribution in [0.15, 0.2) is 5.38 Å². The van der Waals surface area contributed by atoms with Crippen molar-refractivity contribution in [2.75, 3.05) is 6.54 Å². The average molecular weight is 256 g/mol. The molecule has 1 aromatic rings. The number of aromatic nitrogens is 1. The fraction of sp³-hybridized carbons (Fsp3) is 0.545. The fourth-order valence-corrected chi connectivity index (χ4v) is 1.93. The molecule has 1 rings (SSSR count). The smallest absolute Gasteiger partial charge is 0.303 e. The lowest BCUT2D eigenvalue weighted by Gasteiger charge is -2.02. The van der Waals surface area contributed by atoms with Gasteiger partial charge in [0, 0.05) is 18.3 Å². The number of aryl methyl sites for hydroxylation is 1. The quantitative estimate of drug-likeness (QED) is 0.729. The van der Waals surface area contributed by atoms with E-state index in [-0.39, 0.29) is 12.3 Å². The number of amides is 1. The first-order valence-corrected chi connectivity index (χ1v) is 6.39. The summed E-state index contributed by atoms with van der Waals surface area (Å²) in [5, 5.41) is 13.8. The number of hydrogen-bond acceptors (Lipinski definition) is 4. The lowest BCUT2D eigenvalue weighted by molar-refractivity contribution is -0.137. The van der Waals surface area contributed by atoms with Gasteiger partial charge in [-0.1, -0.05) is 6.42 Å². The molecular weight excluding hydrogens is 240 g/mol. The summed E-state index contributed by atoms with van der Waals surface area (Å²) < 4.78 is 0. The van der Waals surface area contributed by atoms with E-state index in [1.807, 2.05) is 6.92 Å². The summed E-state index contributed by atoms with van der Waals surface area (Å²) in [7, 11) is 0. The molecule has 0 radical (unpaired) electrons. The van der Waals surface area contributed by atoms with E-state index in [1.54, 1.807) is 5.38 Å². The molecule has 0 bridgehead atoms. The molecule has 94 valence electrons. The van der Waals surface area contributed by atoms with Gasteiger partial charge in [0.2, 0.25) is 0 Å². The Kier molecular flexibility index (Phi) is 5.62. The number of thiazole rings is 1. The molecule has 17 heavy (non-hydrogen) atoms. The van der Waals surface area contributed by atoms with Crippen LogP contribution in [0.5, 0.6) is 0 Å². The van der Waals surface area contributed by atoms with Gasteiger partial charge in [0.25, 0.3) is 5.91 Å². The van der Waals surface area contributed by atoms with Crippen LogP contribution >= 0.6 is 11.3 Å². The van der Waals surface area contributed by atoms with Gasteiger partial charge >= 0.3 is 5.97 Å². The van der Waals surface area contributed by atoms with Gasteiger partial charge in [-0.25, -0.2) is 4.98 Å². The van der Waals surface area contributed by atoms with Gasteiger partial charge in [-0.15, -0.1) is 11.3 Å². The molecule has 0 aliphatic carbocycles.